The second-order valence-electron chi connectivity index (χ2n) is 4.59. The third-order valence-electron chi connectivity index (χ3n) is 2.82. The fourth-order valence-electron chi connectivity index (χ4n) is 1.75. The van der Waals surface area contributed by atoms with Crippen molar-refractivity contribution >= 4 is 17.5 Å². The van der Waals surface area contributed by atoms with Gasteiger partial charge in [0.2, 0.25) is 0 Å². The fraction of sp³-hybridized carbons (Fsp3) is 0.214. The van der Waals surface area contributed by atoms with Crippen LogP contribution >= 0.6 is 0 Å². The molecule has 104 valence electrons. The van der Waals surface area contributed by atoms with E-state index < -0.39 is 5.97 Å². The Labute approximate surface area is 115 Å². The normalized spacial score (nSPS) is 10.6. The molecule has 0 unspecified atom stereocenters. The molecule has 0 aliphatic carbocycles. The molecule has 1 heterocycles. The number of nitrogens with one attached hydrogen (secondary N) is 1. The molecule has 2 N–H and O–H groups in total. The first kappa shape index (κ1) is 13.8. The predicted molar refractivity (Wildman–Crippen MR) is 75.6 cm³/mol. The van der Waals surface area contributed by atoms with E-state index in [0.717, 1.165) is 0 Å². The standard InChI is InChI=1S/C14H15N3O3/c1-9(2)17-8-7-15-12(13(17)18)16-11-5-3-10(4-6-11)14(19)20/h3-9H,1-2H3,(H,15,16)(H,19,20). The van der Waals surface area contributed by atoms with Crippen LogP contribution in [-0.2, 0) is 0 Å². The minimum atomic E-state index is -0.989. The third kappa shape index (κ3) is 2.85. The van der Waals surface area contributed by atoms with Crippen molar-refractivity contribution in [3.8, 4) is 0 Å². The molecule has 2 rings (SSSR count). The van der Waals surface area contributed by atoms with Crippen molar-refractivity contribution in [1.82, 2.24) is 9.55 Å². The van der Waals surface area contributed by atoms with Gasteiger partial charge in [-0.3, -0.25) is 4.79 Å². The Balaban J connectivity index is 2.28. The number of benzene rings is 1. The summed E-state index contributed by atoms with van der Waals surface area (Å²) in [5.74, 6) is -0.777. The van der Waals surface area contributed by atoms with Crippen LogP contribution < -0.4 is 10.9 Å². The molecule has 20 heavy (non-hydrogen) atoms. The number of carboxylic acids is 1. The van der Waals surface area contributed by atoms with Gasteiger partial charge < -0.3 is 15.0 Å². The van der Waals surface area contributed by atoms with Gasteiger partial charge in [0.15, 0.2) is 5.82 Å². The van der Waals surface area contributed by atoms with Crippen molar-refractivity contribution in [1.29, 1.82) is 0 Å². The first-order chi connectivity index (χ1) is 9.49. The van der Waals surface area contributed by atoms with Gasteiger partial charge in [0.1, 0.15) is 0 Å². The zero-order valence-corrected chi connectivity index (χ0v) is 11.2. The smallest absolute Gasteiger partial charge is 0.335 e. The molecule has 6 nitrogen and oxygen atoms in total. The molecule has 0 saturated heterocycles. The van der Waals surface area contributed by atoms with Gasteiger partial charge in [-0.05, 0) is 38.1 Å². The van der Waals surface area contributed by atoms with Crippen molar-refractivity contribution in [2.45, 2.75) is 19.9 Å². The molecule has 0 fully saturated rings. The topological polar surface area (TPSA) is 84.2 Å². The molecule has 0 aliphatic rings. The molecule has 2 aromatic rings. The average Bonchev–Trinajstić information content (AvgIpc) is 2.41. The lowest BCUT2D eigenvalue weighted by atomic mass is 10.2. The van der Waals surface area contributed by atoms with Gasteiger partial charge in [-0.25, -0.2) is 9.78 Å². The Hall–Kier alpha value is -2.63. The zero-order valence-electron chi connectivity index (χ0n) is 11.2. The van der Waals surface area contributed by atoms with Gasteiger partial charge in [-0.15, -0.1) is 0 Å². The minimum absolute atomic E-state index is 0.0421. The molecular weight excluding hydrogens is 258 g/mol. The Kier molecular flexibility index (Phi) is 3.84. The monoisotopic (exact) mass is 273 g/mol. The average molecular weight is 273 g/mol. The van der Waals surface area contributed by atoms with Gasteiger partial charge in [0.25, 0.3) is 5.56 Å². The number of rotatable bonds is 4. The summed E-state index contributed by atoms with van der Waals surface area (Å²) in [6.07, 6.45) is 3.18. The Bertz CT molecular complexity index is 675. The maximum Gasteiger partial charge on any atom is 0.335 e. The van der Waals surface area contributed by atoms with Crippen molar-refractivity contribution in [2.24, 2.45) is 0 Å². The highest BCUT2D eigenvalue weighted by Gasteiger charge is 2.08. The van der Waals surface area contributed by atoms with E-state index in [1.807, 2.05) is 13.8 Å². The first-order valence-electron chi connectivity index (χ1n) is 6.16. The van der Waals surface area contributed by atoms with Crippen LogP contribution in [-0.4, -0.2) is 20.6 Å². The van der Waals surface area contributed by atoms with E-state index in [-0.39, 0.29) is 23.0 Å². The number of hydrogen-bond acceptors (Lipinski definition) is 4. The van der Waals surface area contributed by atoms with E-state index in [1.54, 1.807) is 29.1 Å². The molecule has 1 aromatic carbocycles. The second kappa shape index (κ2) is 5.56. The van der Waals surface area contributed by atoms with Crippen molar-refractivity contribution in [2.75, 3.05) is 5.32 Å². The summed E-state index contributed by atoms with van der Waals surface area (Å²) in [7, 11) is 0. The molecular formula is C14H15N3O3. The molecule has 0 aliphatic heterocycles. The van der Waals surface area contributed by atoms with E-state index >= 15 is 0 Å². The van der Waals surface area contributed by atoms with E-state index in [1.165, 1.54) is 12.1 Å². The lowest BCUT2D eigenvalue weighted by molar-refractivity contribution is 0.0697. The van der Waals surface area contributed by atoms with Gasteiger partial charge >= 0.3 is 5.97 Å². The van der Waals surface area contributed by atoms with Gasteiger partial charge in [-0.1, -0.05) is 0 Å². The first-order valence-corrected chi connectivity index (χ1v) is 6.16. The summed E-state index contributed by atoms with van der Waals surface area (Å²) in [6.45, 7) is 3.82. The summed E-state index contributed by atoms with van der Waals surface area (Å²) in [5, 5.41) is 11.7. The van der Waals surface area contributed by atoms with Gasteiger partial charge in [0.05, 0.1) is 5.56 Å². The predicted octanol–water partition coefficient (Wildman–Crippen LogP) is 2.27. The molecule has 0 bridgehead atoms. The van der Waals surface area contributed by atoms with E-state index in [4.69, 9.17) is 5.11 Å². The Morgan fingerprint density at radius 1 is 1.30 bits per heavy atom. The number of anilines is 2. The summed E-state index contributed by atoms with van der Waals surface area (Å²) in [4.78, 5) is 26.9. The van der Waals surface area contributed by atoms with Crippen molar-refractivity contribution in [3.05, 3.63) is 52.6 Å². The van der Waals surface area contributed by atoms with Crippen LogP contribution in [0.4, 0.5) is 11.5 Å². The van der Waals surface area contributed by atoms with E-state index in [0.29, 0.717) is 5.69 Å². The van der Waals surface area contributed by atoms with Crippen LogP contribution in [0.3, 0.4) is 0 Å². The molecule has 0 amide bonds. The van der Waals surface area contributed by atoms with Crippen LogP contribution in [0.2, 0.25) is 0 Å². The highest BCUT2D eigenvalue weighted by Crippen LogP contribution is 2.13. The highest BCUT2D eigenvalue weighted by atomic mass is 16.4. The summed E-state index contributed by atoms with van der Waals surface area (Å²) < 4.78 is 1.57. The van der Waals surface area contributed by atoms with E-state index in [9.17, 15) is 9.59 Å². The van der Waals surface area contributed by atoms with Crippen LogP contribution in [0.15, 0.2) is 41.5 Å². The summed E-state index contributed by atoms with van der Waals surface area (Å²) >= 11 is 0. The quantitative estimate of drug-likeness (QED) is 0.892. The van der Waals surface area contributed by atoms with Crippen LogP contribution in [0.1, 0.15) is 30.2 Å². The van der Waals surface area contributed by atoms with Crippen LogP contribution in [0.5, 0.6) is 0 Å². The number of hydrogen-bond donors (Lipinski definition) is 2. The molecule has 0 spiro atoms. The summed E-state index contributed by atoms with van der Waals surface area (Å²) in [5.41, 5.74) is 0.585. The maximum absolute atomic E-state index is 12.1. The van der Waals surface area contributed by atoms with E-state index in [2.05, 4.69) is 10.3 Å². The largest absolute Gasteiger partial charge is 0.478 e. The lowest BCUT2D eigenvalue weighted by Crippen LogP contribution is -2.24. The highest BCUT2D eigenvalue weighted by molar-refractivity contribution is 5.88. The van der Waals surface area contributed by atoms with Crippen molar-refractivity contribution in [3.63, 3.8) is 0 Å². The Morgan fingerprint density at radius 3 is 2.50 bits per heavy atom. The maximum atomic E-state index is 12.1. The Morgan fingerprint density at radius 2 is 1.95 bits per heavy atom. The number of carboxylic acid groups (broad SMARTS) is 1. The minimum Gasteiger partial charge on any atom is -0.478 e. The lowest BCUT2D eigenvalue weighted by Gasteiger charge is -2.11. The fourth-order valence-corrected chi connectivity index (χ4v) is 1.75. The zero-order chi connectivity index (χ0) is 14.7. The van der Waals surface area contributed by atoms with Crippen molar-refractivity contribution < 1.29 is 9.90 Å². The van der Waals surface area contributed by atoms with Gasteiger partial charge in [-0.2, -0.15) is 0 Å². The number of nitrogens with zero attached hydrogens (tertiary/aromatic N) is 2. The molecule has 0 saturated carbocycles. The van der Waals surface area contributed by atoms with Gasteiger partial charge in [0, 0.05) is 24.1 Å². The van der Waals surface area contributed by atoms with Crippen LogP contribution in [0.25, 0.3) is 0 Å². The third-order valence-corrected chi connectivity index (χ3v) is 2.82. The molecule has 6 heteroatoms. The number of aromatic carboxylic acids is 1. The molecule has 1 aromatic heterocycles. The number of aromatic nitrogens is 2. The summed E-state index contributed by atoms with van der Waals surface area (Å²) in [6, 6.07) is 6.16. The number of carbonyl (C=O) groups is 1. The molecule has 0 radical (unpaired) electrons. The second-order valence-corrected chi connectivity index (χ2v) is 4.59. The molecule has 0 atom stereocenters. The van der Waals surface area contributed by atoms with Crippen LogP contribution in [0, 0.1) is 0 Å². The SMILES string of the molecule is CC(C)n1ccnc(Nc2ccc(C(=O)O)cc2)c1=O.